The van der Waals surface area contributed by atoms with Gasteiger partial charge < -0.3 is 10.1 Å². The minimum absolute atomic E-state index is 0.149. The molecule has 2 rings (SSSR count). The third-order valence-corrected chi connectivity index (χ3v) is 4.50. The number of halogens is 2. The van der Waals surface area contributed by atoms with Crippen molar-refractivity contribution in [1.29, 1.82) is 0 Å². The predicted octanol–water partition coefficient (Wildman–Crippen LogP) is 1.95. The van der Waals surface area contributed by atoms with E-state index >= 15 is 0 Å². The number of ketones is 1. The molecule has 1 fully saturated rings. The van der Waals surface area contributed by atoms with Gasteiger partial charge in [-0.2, -0.15) is 0 Å². The van der Waals surface area contributed by atoms with Crippen LogP contribution in [0.15, 0.2) is 18.2 Å². The number of benzene rings is 1. The van der Waals surface area contributed by atoms with Crippen molar-refractivity contribution < 1.29 is 32.8 Å². The molecular formula is C17H18F2N2O6. The molecule has 146 valence electrons. The summed E-state index contributed by atoms with van der Waals surface area (Å²) >= 11 is 0. The fourth-order valence-electron chi connectivity index (χ4n) is 3.16. The number of hydrogen-bond donors (Lipinski definition) is 1. The molecule has 1 amide bonds. The Kier molecular flexibility index (Phi) is 6.54. The van der Waals surface area contributed by atoms with Crippen LogP contribution >= 0.6 is 0 Å². The monoisotopic (exact) mass is 384 g/mol. The van der Waals surface area contributed by atoms with Gasteiger partial charge in [-0.3, -0.25) is 24.5 Å². The van der Waals surface area contributed by atoms with E-state index in [-0.39, 0.29) is 24.5 Å². The number of nitrogens with zero attached hydrogens (tertiary/aromatic N) is 1. The third-order valence-electron chi connectivity index (χ3n) is 4.50. The summed E-state index contributed by atoms with van der Waals surface area (Å²) in [6.07, 6.45) is -0.223. The summed E-state index contributed by atoms with van der Waals surface area (Å²) in [6.45, 7) is 0.522. The lowest BCUT2D eigenvalue weighted by molar-refractivity contribution is -0.490. The van der Waals surface area contributed by atoms with Gasteiger partial charge in [0.05, 0.1) is 12.1 Å². The van der Waals surface area contributed by atoms with E-state index in [1.54, 1.807) is 6.92 Å². The standard InChI is InChI=1S/C17H18F2N2O6/c1-9-4-15(22)11(12(9)7-21(25)26)6-17(24)27-8-16(23)20-14-5-10(18)2-3-13(14)19/h2-3,5,9,11-12H,4,6-8H2,1H3,(H,20,23)/t9-,11+,12-/m1/s1. The summed E-state index contributed by atoms with van der Waals surface area (Å²) < 4.78 is 31.3. The molecule has 1 aliphatic carbocycles. The minimum atomic E-state index is -0.888. The first-order valence-electron chi connectivity index (χ1n) is 8.22. The highest BCUT2D eigenvalue weighted by Gasteiger charge is 2.44. The van der Waals surface area contributed by atoms with E-state index in [4.69, 9.17) is 4.74 Å². The molecule has 0 saturated heterocycles. The van der Waals surface area contributed by atoms with Gasteiger partial charge in [0.25, 0.3) is 5.91 Å². The van der Waals surface area contributed by atoms with Crippen LogP contribution in [0, 0.1) is 39.5 Å². The Morgan fingerprint density at radius 2 is 2.07 bits per heavy atom. The number of nitrogens with one attached hydrogen (secondary N) is 1. The molecule has 0 aromatic heterocycles. The van der Waals surface area contributed by atoms with Crippen molar-refractivity contribution in [2.75, 3.05) is 18.5 Å². The molecule has 3 atom stereocenters. The molecule has 8 nitrogen and oxygen atoms in total. The molecule has 1 aliphatic rings. The van der Waals surface area contributed by atoms with E-state index in [0.717, 1.165) is 18.2 Å². The third kappa shape index (κ3) is 5.53. The Bertz CT molecular complexity index is 770. The van der Waals surface area contributed by atoms with E-state index in [9.17, 15) is 33.3 Å². The van der Waals surface area contributed by atoms with E-state index in [1.165, 1.54) is 0 Å². The first kappa shape index (κ1) is 20.4. The van der Waals surface area contributed by atoms with Gasteiger partial charge in [-0.25, -0.2) is 8.78 Å². The number of rotatable bonds is 7. The second-order valence-corrected chi connectivity index (χ2v) is 6.47. The van der Waals surface area contributed by atoms with Crippen molar-refractivity contribution >= 4 is 23.3 Å². The summed E-state index contributed by atoms with van der Waals surface area (Å²) in [7, 11) is 0. The van der Waals surface area contributed by atoms with Gasteiger partial charge in [-0.1, -0.05) is 6.92 Å². The second kappa shape index (κ2) is 8.65. The molecule has 1 aromatic carbocycles. The minimum Gasteiger partial charge on any atom is -0.456 e. The van der Waals surface area contributed by atoms with Crippen molar-refractivity contribution in [3.63, 3.8) is 0 Å². The first-order valence-corrected chi connectivity index (χ1v) is 8.22. The lowest BCUT2D eigenvalue weighted by atomic mass is 9.88. The Labute approximate surface area is 153 Å². The quantitative estimate of drug-likeness (QED) is 0.436. The van der Waals surface area contributed by atoms with E-state index in [0.29, 0.717) is 0 Å². The smallest absolute Gasteiger partial charge is 0.307 e. The van der Waals surface area contributed by atoms with Crippen molar-refractivity contribution in [3.05, 3.63) is 39.9 Å². The molecule has 1 N–H and O–H groups in total. The number of nitro groups is 1. The zero-order valence-corrected chi connectivity index (χ0v) is 14.4. The van der Waals surface area contributed by atoms with Gasteiger partial charge in [-0.15, -0.1) is 0 Å². The van der Waals surface area contributed by atoms with Crippen LogP contribution in [0.3, 0.4) is 0 Å². The Morgan fingerprint density at radius 3 is 2.74 bits per heavy atom. The van der Waals surface area contributed by atoms with E-state index in [2.05, 4.69) is 5.32 Å². The lowest BCUT2D eigenvalue weighted by Gasteiger charge is -2.17. The molecule has 0 aliphatic heterocycles. The molecule has 0 spiro atoms. The van der Waals surface area contributed by atoms with Crippen LogP contribution in [-0.2, 0) is 19.1 Å². The number of anilines is 1. The maximum atomic E-state index is 13.4. The Hall–Kier alpha value is -2.91. The molecule has 0 unspecified atom stereocenters. The summed E-state index contributed by atoms with van der Waals surface area (Å²) in [5, 5.41) is 12.8. The largest absolute Gasteiger partial charge is 0.456 e. The van der Waals surface area contributed by atoms with Gasteiger partial charge in [0.2, 0.25) is 6.54 Å². The molecule has 0 heterocycles. The average Bonchev–Trinajstić information content (AvgIpc) is 2.83. The number of carbonyl (C=O) groups is 3. The van der Waals surface area contributed by atoms with Crippen LogP contribution in [-0.4, -0.2) is 35.7 Å². The summed E-state index contributed by atoms with van der Waals surface area (Å²) in [5.41, 5.74) is -0.401. The zero-order chi connectivity index (χ0) is 20.1. The summed E-state index contributed by atoms with van der Waals surface area (Å²) in [5.74, 6) is -5.25. The number of Topliss-reactive ketones (excluding diaryl/α,β-unsaturated/α-hetero) is 1. The van der Waals surface area contributed by atoms with Crippen molar-refractivity contribution in [2.45, 2.75) is 19.8 Å². The van der Waals surface area contributed by atoms with Crippen LogP contribution < -0.4 is 5.32 Å². The van der Waals surface area contributed by atoms with Crippen molar-refractivity contribution in [1.82, 2.24) is 0 Å². The highest BCUT2D eigenvalue weighted by Crippen LogP contribution is 2.36. The van der Waals surface area contributed by atoms with Gasteiger partial charge in [-0.05, 0) is 18.1 Å². The Morgan fingerprint density at radius 1 is 1.37 bits per heavy atom. The van der Waals surface area contributed by atoms with Crippen molar-refractivity contribution in [2.24, 2.45) is 17.8 Å². The van der Waals surface area contributed by atoms with Gasteiger partial charge in [0, 0.05) is 29.2 Å². The maximum Gasteiger partial charge on any atom is 0.307 e. The number of amides is 1. The molecule has 1 aromatic rings. The molecule has 10 heteroatoms. The maximum absolute atomic E-state index is 13.4. The van der Waals surface area contributed by atoms with Crippen LogP contribution in [0.1, 0.15) is 19.8 Å². The van der Waals surface area contributed by atoms with Crippen LogP contribution in [0.25, 0.3) is 0 Å². The van der Waals surface area contributed by atoms with Gasteiger partial charge >= 0.3 is 5.97 Å². The molecule has 27 heavy (non-hydrogen) atoms. The highest BCUT2D eigenvalue weighted by atomic mass is 19.1. The molecular weight excluding hydrogens is 366 g/mol. The summed E-state index contributed by atoms with van der Waals surface area (Å²) in [4.78, 5) is 45.8. The molecule has 0 radical (unpaired) electrons. The van der Waals surface area contributed by atoms with Crippen LogP contribution in [0.4, 0.5) is 14.5 Å². The lowest BCUT2D eigenvalue weighted by Crippen LogP contribution is -2.28. The number of hydrogen-bond acceptors (Lipinski definition) is 6. The topological polar surface area (TPSA) is 116 Å². The fourth-order valence-corrected chi connectivity index (χ4v) is 3.16. The van der Waals surface area contributed by atoms with Crippen molar-refractivity contribution in [3.8, 4) is 0 Å². The van der Waals surface area contributed by atoms with E-state index < -0.39 is 59.1 Å². The average molecular weight is 384 g/mol. The molecule has 1 saturated carbocycles. The Balaban J connectivity index is 1.87. The normalized spacial score (nSPS) is 21.7. The fraction of sp³-hybridized carbons (Fsp3) is 0.471. The summed E-state index contributed by atoms with van der Waals surface area (Å²) in [6, 6.07) is 2.49. The number of esters is 1. The van der Waals surface area contributed by atoms with Gasteiger partial charge in [0.1, 0.15) is 17.4 Å². The zero-order valence-electron chi connectivity index (χ0n) is 14.4. The van der Waals surface area contributed by atoms with Crippen LogP contribution in [0.5, 0.6) is 0 Å². The second-order valence-electron chi connectivity index (χ2n) is 6.47. The number of ether oxygens (including phenoxy) is 1. The van der Waals surface area contributed by atoms with Gasteiger partial charge in [0.15, 0.2) is 6.61 Å². The predicted molar refractivity (Wildman–Crippen MR) is 88.2 cm³/mol. The number of carbonyl (C=O) groups excluding carboxylic acids is 3. The van der Waals surface area contributed by atoms with Crippen LogP contribution in [0.2, 0.25) is 0 Å². The first-order chi connectivity index (χ1) is 12.7. The SMILES string of the molecule is C[C@@H]1CC(=O)[C@@H](CC(=O)OCC(=O)Nc2cc(F)ccc2F)[C@@H]1C[N+](=O)[O-]. The molecule has 0 bridgehead atoms. The van der Waals surface area contributed by atoms with E-state index in [1.807, 2.05) is 0 Å². The highest BCUT2D eigenvalue weighted by molar-refractivity contribution is 5.93.